The van der Waals surface area contributed by atoms with Crippen LogP contribution in [0.4, 0.5) is 36.4 Å². The number of halogens is 7. The van der Waals surface area contributed by atoms with Crippen LogP contribution < -0.4 is 21.9 Å². The Morgan fingerprint density at radius 1 is 0.826 bits per heavy atom. The van der Waals surface area contributed by atoms with Crippen LogP contribution in [0.1, 0.15) is 38.2 Å². The monoisotopic (exact) mass is 669 g/mol. The Hall–Kier alpha value is -3.95. The number of hydrogen-bond acceptors (Lipinski definition) is 6. The third-order valence-corrected chi connectivity index (χ3v) is 9.13. The molecule has 4 aromatic rings. The Labute approximate surface area is 262 Å². The smallest absolute Gasteiger partial charge is 0.363 e. The fourth-order valence-corrected chi connectivity index (χ4v) is 6.53. The molecule has 0 radical (unpaired) electrons. The van der Waals surface area contributed by atoms with E-state index in [1.54, 1.807) is 35.2 Å². The molecule has 3 heterocycles. The zero-order valence-corrected chi connectivity index (χ0v) is 25.4. The molecular weight excluding hydrogens is 639 g/mol. The van der Waals surface area contributed by atoms with Crippen LogP contribution in [0, 0.1) is 12.7 Å². The maximum absolute atomic E-state index is 14.9. The molecule has 15 heteroatoms. The zero-order chi connectivity index (χ0) is 33.4. The van der Waals surface area contributed by atoms with Crippen molar-refractivity contribution in [3.63, 3.8) is 0 Å². The van der Waals surface area contributed by atoms with Gasteiger partial charge in [-0.1, -0.05) is 36.4 Å². The molecule has 1 aliphatic heterocycles. The number of hydrogen-bond donors (Lipinski definition) is 1. The molecule has 2 aromatic carbocycles. The van der Waals surface area contributed by atoms with Gasteiger partial charge >= 0.3 is 18.0 Å². The summed E-state index contributed by atoms with van der Waals surface area (Å²) in [7, 11) is 0. The van der Waals surface area contributed by atoms with E-state index >= 15 is 0 Å². The van der Waals surface area contributed by atoms with Gasteiger partial charge in [0, 0.05) is 54.9 Å². The largest absolute Gasteiger partial charge is 0.425 e. The molecular formula is C31H30F7N5O2S. The first kappa shape index (κ1) is 33.4. The zero-order valence-electron chi connectivity index (χ0n) is 24.5. The number of alkyl halides is 6. The number of piperazine rings is 1. The fraction of sp³-hybridized carbons (Fsp3) is 0.355. The summed E-state index contributed by atoms with van der Waals surface area (Å²) in [6.07, 6.45) is -9.34. The standard InChI is InChI=1S/C31H30F7N5O2S/c1-19-27(41-14-12-40(13-15-41)16-21-10-11-26(46-21)31(36,37)38)28(44)43(18-25(39)20-6-3-2-4-7-20)29(45)42(19)17-22-23(30(33,34)35)8-5-9-24(22)32/h2-11,25H,12-18,39H2,1H3/t25-/m1/s1. The summed E-state index contributed by atoms with van der Waals surface area (Å²) in [6, 6.07) is 12.8. The van der Waals surface area contributed by atoms with E-state index in [4.69, 9.17) is 5.73 Å². The minimum Gasteiger partial charge on any atom is -0.363 e. The topological polar surface area (TPSA) is 76.5 Å². The third kappa shape index (κ3) is 7.05. The van der Waals surface area contributed by atoms with Crippen LogP contribution in [-0.2, 0) is 32.0 Å². The second kappa shape index (κ2) is 13.0. The van der Waals surface area contributed by atoms with E-state index in [-0.39, 0.29) is 37.6 Å². The molecule has 0 saturated carbocycles. The van der Waals surface area contributed by atoms with Crippen molar-refractivity contribution in [2.75, 3.05) is 31.1 Å². The van der Waals surface area contributed by atoms with Crippen molar-refractivity contribution < 1.29 is 30.7 Å². The van der Waals surface area contributed by atoms with Crippen molar-refractivity contribution in [3.8, 4) is 0 Å². The number of rotatable bonds is 8. The summed E-state index contributed by atoms with van der Waals surface area (Å²) in [4.78, 5) is 31.1. The molecule has 5 rings (SSSR count). The third-order valence-electron chi connectivity index (χ3n) is 8.01. The molecule has 1 fully saturated rings. The van der Waals surface area contributed by atoms with E-state index < -0.39 is 58.0 Å². The fourth-order valence-electron chi connectivity index (χ4n) is 5.61. The summed E-state index contributed by atoms with van der Waals surface area (Å²) in [6.45, 7) is 1.78. The van der Waals surface area contributed by atoms with Gasteiger partial charge in [-0.15, -0.1) is 11.3 Å². The quantitative estimate of drug-likeness (QED) is 0.247. The van der Waals surface area contributed by atoms with Crippen LogP contribution in [0.5, 0.6) is 0 Å². The van der Waals surface area contributed by atoms with E-state index in [0.29, 0.717) is 34.9 Å². The SMILES string of the molecule is Cc1c(N2CCN(Cc3ccc(C(F)(F)F)s3)CC2)c(=O)n(C[C@@H](N)c2ccccc2)c(=O)n1Cc1c(F)cccc1C(F)(F)F. The highest BCUT2D eigenvalue weighted by molar-refractivity contribution is 7.12. The van der Waals surface area contributed by atoms with Crippen molar-refractivity contribution in [1.82, 2.24) is 14.0 Å². The normalized spacial score (nSPS) is 15.4. The Morgan fingerprint density at radius 3 is 2.11 bits per heavy atom. The lowest BCUT2D eigenvalue weighted by Crippen LogP contribution is -2.51. The molecule has 1 atom stereocenters. The predicted octanol–water partition coefficient (Wildman–Crippen LogP) is 5.63. The van der Waals surface area contributed by atoms with Crippen LogP contribution in [0.15, 0.2) is 70.3 Å². The molecule has 246 valence electrons. The van der Waals surface area contributed by atoms with Gasteiger partial charge < -0.3 is 10.6 Å². The van der Waals surface area contributed by atoms with Gasteiger partial charge in [0.2, 0.25) is 0 Å². The second-order valence-electron chi connectivity index (χ2n) is 11.0. The number of benzene rings is 2. The van der Waals surface area contributed by atoms with Crippen molar-refractivity contribution in [1.29, 1.82) is 0 Å². The highest BCUT2D eigenvalue weighted by Crippen LogP contribution is 2.36. The van der Waals surface area contributed by atoms with E-state index in [2.05, 4.69) is 0 Å². The molecule has 0 bridgehead atoms. The van der Waals surface area contributed by atoms with Gasteiger partial charge in [0.15, 0.2) is 0 Å². The number of anilines is 1. The number of aromatic nitrogens is 2. The van der Waals surface area contributed by atoms with E-state index in [1.807, 2.05) is 4.90 Å². The van der Waals surface area contributed by atoms with Crippen LogP contribution in [0.2, 0.25) is 0 Å². The minimum atomic E-state index is -4.90. The first-order valence-corrected chi connectivity index (χ1v) is 15.1. The van der Waals surface area contributed by atoms with Gasteiger partial charge in [-0.3, -0.25) is 18.8 Å². The van der Waals surface area contributed by atoms with E-state index in [9.17, 15) is 40.3 Å². The van der Waals surface area contributed by atoms with Crippen LogP contribution in [0.3, 0.4) is 0 Å². The van der Waals surface area contributed by atoms with Crippen LogP contribution in [0.25, 0.3) is 0 Å². The number of nitrogens with two attached hydrogens (primary N) is 1. The Balaban J connectivity index is 1.50. The number of nitrogens with zero attached hydrogens (tertiary/aromatic N) is 4. The molecule has 2 N–H and O–H groups in total. The average molecular weight is 670 g/mol. The van der Waals surface area contributed by atoms with Crippen molar-refractivity contribution in [3.05, 3.63) is 119 Å². The Morgan fingerprint density at radius 2 is 1.50 bits per heavy atom. The van der Waals surface area contributed by atoms with E-state index in [1.165, 1.54) is 13.0 Å². The predicted molar refractivity (Wildman–Crippen MR) is 160 cm³/mol. The maximum Gasteiger partial charge on any atom is 0.425 e. The van der Waals surface area contributed by atoms with Crippen LogP contribution >= 0.6 is 11.3 Å². The highest BCUT2D eigenvalue weighted by Gasteiger charge is 2.36. The minimum absolute atomic E-state index is 0.0532. The molecule has 2 aromatic heterocycles. The molecule has 0 spiro atoms. The van der Waals surface area contributed by atoms with Gasteiger partial charge in [0.05, 0.1) is 18.7 Å². The summed E-state index contributed by atoms with van der Waals surface area (Å²) >= 11 is 0.655. The van der Waals surface area contributed by atoms with E-state index in [0.717, 1.165) is 33.4 Å². The van der Waals surface area contributed by atoms with Crippen LogP contribution in [-0.4, -0.2) is 40.2 Å². The van der Waals surface area contributed by atoms with Gasteiger partial charge in [-0.25, -0.2) is 9.18 Å². The molecule has 0 aliphatic carbocycles. The summed E-state index contributed by atoms with van der Waals surface area (Å²) < 4.78 is 97.5. The average Bonchev–Trinajstić information content (AvgIpc) is 3.48. The second-order valence-corrected chi connectivity index (χ2v) is 12.2. The lowest BCUT2D eigenvalue weighted by molar-refractivity contribution is -0.138. The first-order valence-electron chi connectivity index (χ1n) is 14.3. The number of thiophene rings is 1. The molecule has 0 amide bonds. The molecule has 1 saturated heterocycles. The van der Waals surface area contributed by atoms with Crippen molar-refractivity contribution in [2.24, 2.45) is 5.73 Å². The highest BCUT2D eigenvalue weighted by atomic mass is 32.1. The molecule has 0 unspecified atom stereocenters. The van der Waals surface area contributed by atoms with Gasteiger partial charge in [-0.2, -0.15) is 26.3 Å². The maximum atomic E-state index is 14.9. The first-order chi connectivity index (χ1) is 21.6. The molecule has 1 aliphatic rings. The van der Waals surface area contributed by atoms with Crippen molar-refractivity contribution >= 4 is 17.0 Å². The summed E-state index contributed by atoms with van der Waals surface area (Å²) in [5.41, 5.74) is 3.45. The lowest BCUT2D eigenvalue weighted by atomic mass is 10.1. The molecule has 7 nitrogen and oxygen atoms in total. The molecule has 46 heavy (non-hydrogen) atoms. The summed E-state index contributed by atoms with van der Waals surface area (Å²) in [5, 5.41) is 0. The van der Waals surface area contributed by atoms with Gasteiger partial charge in [0.25, 0.3) is 5.56 Å². The Bertz CT molecular complexity index is 1810. The van der Waals surface area contributed by atoms with Gasteiger partial charge in [-0.05, 0) is 36.8 Å². The Kier molecular flexibility index (Phi) is 9.47. The van der Waals surface area contributed by atoms with Crippen molar-refractivity contribution in [2.45, 2.75) is 45.0 Å². The van der Waals surface area contributed by atoms with Gasteiger partial charge in [0.1, 0.15) is 16.4 Å². The lowest BCUT2D eigenvalue weighted by Gasteiger charge is -2.36. The summed E-state index contributed by atoms with van der Waals surface area (Å²) in [5.74, 6) is -1.16.